The maximum Gasteiger partial charge on any atom is 0.122 e. The number of hydrogen-bond donors (Lipinski definition) is 1. The van der Waals surface area contributed by atoms with Gasteiger partial charge in [-0.1, -0.05) is 24.3 Å². The molecule has 1 unspecified atom stereocenters. The van der Waals surface area contributed by atoms with E-state index in [1.807, 2.05) is 12.1 Å². The second-order valence-electron chi connectivity index (χ2n) is 5.48. The van der Waals surface area contributed by atoms with Crippen LogP contribution in [0.15, 0.2) is 42.5 Å². The zero-order chi connectivity index (χ0) is 14.7. The molecule has 0 fully saturated rings. The van der Waals surface area contributed by atoms with Crippen molar-refractivity contribution in [2.24, 2.45) is 5.73 Å². The van der Waals surface area contributed by atoms with Crippen LogP contribution in [-0.4, -0.2) is 13.7 Å². The van der Waals surface area contributed by atoms with Gasteiger partial charge < -0.3 is 15.2 Å². The third kappa shape index (κ3) is 3.19. The first kappa shape index (κ1) is 14.0. The molecule has 0 radical (unpaired) electrons. The summed E-state index contributed by atoms with van der Waals surface area (Å²) in [7, 11) is 1.68. The molecule has 1 atom stereocenters. The standard InChI is InChI=1S/C18H21NO2/c1-20-16-7-4-13(5-8-16)11-17(19)14-6-9-18-15(12-14)3-2-10-21-18/h4-9,12,17H,2-3,10-11,19H2,1H3. The fourth-order valence-corrected chi connectivity index (χ4v) is 2.74. The SMILES string of the molecule is COc1ccc(CC(N)c2ccc3c(c2)CCCO3)cc1. The predicted molar refractivity (Wildman–Crippen MR) is 83.9 cm³/mol. The summed E-state index contributed by atoms with van der Waals surface area (Å²) in [5, 5.41) is 0. The van der Waals surface area contributed by atoms with Crippen molar-refractivity contribution in [2.75, 3.05) is 13.7 Å². The molecule has 3 heteroatoms. The summed E-state index contributed by atoms with van der Waals surface area (Å²) < 4.78 is 10.8. The first-order chi connectivity index (χ1) is 10.3. The van der Waals surface area contributed by atoms with Crippen molar-refractivity contribution in [1.82, 2.24) is 0 Å². The van der Waals surface area contributed by atoms with Crippen LogP contribution in [0.1, 0.15) is 29.2 Å². The van der Waals surface area contributed by atoms with Crippen LogP contribution in [0, 0.1) is 0 Å². The molecule has 2 N–H and O–H groups in total. The highest BCUT2D eigenvalue weighted by atomic mass is 16.5. The molecule has 2 aromatic rings. The maximum absolute atomic E-state index is 6.36. The van der Waals surface area contributed by atoms with Crippen LogP contribution >= 0.6 is 0 Å². The highest BCUT2D eigenvalue weighted by Gasteiger charge is 2.14. The van der Waals surface area contributed by atoms with E-state index in [0.717, 1.165) is 37.4 Å². The molecule has 0 aromatic heterocycles. The van der Waals surface area contributed by atoms with Gasteiger partial charge in [0.1, 0.15) is 11.5 Å². The summed E-state index contributed by atoms with van der Waals surface area (Å²) >= 11 is 0. The number of nitrogens with two attached hydrogens (primary N) is 1. The number of benzene rings is 2. The average molecular weight is 283 g/mol. The smallest absolute Gasteiger partial charge is 0.122 e. The zero-order valence-electron chi connectivity index (χ0n) is 12.3. The molecular formula is C18H21NO2. The minimum Gasteiger partial charge on any atom is -0.497 e. The van der Waals surface area contributed by atoms with Gasteiger partial charge in [-0.2, -0.15) is 0 Å². The lowest BCUT2D eigenvalue weighted by atomic mass is 9.96. The molecule has 3 rings (SSSR count). The summed E-state index contributed by atoms with van der Waals surface area (Å²) in [5.41, 5.74) is 10.0. The molecule has 0 amide bonds. The lowest BCUT2D eigenvalue weighted by molar-refractivity contribution is 0.288. The predicted octanol–water partition coefficient (Wildman–Crippen LogP) is 3.26. The van der Waals surface area contributed by atoms with Gasteiger partial charge in [-0.05, 0) is 54.2 Å². The molecule has 1 aliphatic rings. The number of ether oxygens (including phenoxy) is 2. The second kappa shape index (κ2) is 6.19. The van der Waals surface area contributed by atoms with Crippen LogP contribution in [0.2, 0.25) is 0 Å². The molecule has 110 valence electrons. The Morgan fingerprint density at radius 2 is 2.00 bits per heavy atom. The summed E-state index contributed by atoms with van der Waals surface area (Å²) in [6.07, 6.45) is 2.99. The van der Waals surface area contributed by atoms with Crippen LogP contribution in [-0.2, 0) is 12.8 Å². The van der Waals surface area contributed by atoms with Crippen molar-refractivity contribution in [3.8, 4) is 11.5 Å². The topological polar surface area (TPSA) is 44.5 Å². The highest BCUT2D eigenvalue weighted by molar-refractivity contribution is 5.40. The Labute approximate surface area is 125 Å². The lowest BCUT2D eigenvalue weighted by Crippen LogP contribution is -2.15. The molecule has 1 heterocycles. The van der Waals surface area contributed by atoms with E-state index in [-0.39, 0.29) is 6.04 Å². The lowest BCUT2D eigenvalue weighted by Gasteiger charge is -2.20. The molecule has 0 bridgehead atoms. The van der Waals surface area contributed by atoms with Crippen molar-refractivity contribution < 1.29 is 9.47 Å². The third-order valence-corrected chi connectivity index (χ3v) is 3.98. The van der Waals surface area contributed by atoms with E-state index in [1.165, 1.54) is 16.7 Å². The van der Waals surface area contributed by atoms with Crippen LogP contribution in [0.3, 0.4) is 0 Å². The van der Waals surface area contributed by atoms with E-state index in [1.54, 1.807) is 7.11 Å². The van der Waals surface area contributed by atoms with Gasteiger partial charge in [-0.3, -0.25) is 0 Å². The van der Waals surface area contributed by atoms with Crippen LogP contribution in [0.4, 0.5) is 0 Å². The number of rotatable bonds is 4. The fourth-order valence-electron chi connectivity index (χ4n) is 2.74. The first-order valence-corrected chi connectivity index (χ1v) is 7.40. The maximum atomic E-state index is 6.36. The molecule has 0 saturated heterocycles. The average Bonchev–Trinajstić information content (AvgIpc) is 2.55. The van der Waals surface area contributed by atoms with Crippen molar-refractivity contribution in [3.05, 3.63) is 59.2 Å². The Bertz CT molecular complexity index is 607. The van der Waals surface area contributed by atoms with Crippen molar-refractivity contribution in [2.45, 2.75) is 25.3 Å². The van der Waals surface area contributed by atoms with Gasteiger partial charge >= 0.3 is 0 Å². The quantitative estimate of drug-likeness (QED) is 0.936. The molecule has 0 saturated carbocycles. The van der Waals surface area contributed by atoms with Crippen molar-refractivity contribution >= 4 is 0 Å². The fraction of sp³-hybridized carbons (Fsp3) is 0.333. The van der Waals surface area contributed by atoms with Gasteiger partial charge in [0.25, 0.3) is 0 Å². The van der Waals surface area contributed by atoms with E-state index in [4.69, 9.17) is 15.2 Å². The van der Waals surface area contributed by atoms with Gasteiger partial charge in [0.15, 0.2) is 0 Å². The monoisotopic (exact) mass is 283 g/mol. The molecule has 0 spiro atoms. The van der Waals surface area contributed by atoms with Gasteiger partial charge in [-0.25, -0.2) is 0 Å². The Balaban J connectivity index is 1.73. The Morgan fingerprint density at radius 1 is 1.19 bits per heavy atom. The number of hydrogen-bond acceptors (Lipinski definition) is 3. The largest absolute Gasteiger partial charge is 0.497 e. The molecule has 2 aromatic carbocycles. The molecule has 3 nitrogen and oxygen atoms in total. The number of aryl methyl sites for hydroxylation is 1. The number of fused-ring (bicyclic) bond motifs is 1. The van der Waals surface area contributed by atoms with Crippen LogP contribution < -0.4 is 15.2 Å². The summed E-state index contributed by atoms with van der Waals surface area (Å²) in [6, 6.07) is 14.4. The summed E-state index contributed by atoms with van der Waals surface area (Å²) in [4.78, 5) is 0. The van der Waals surface area contributed by atoms with E-state index in [9.17, 15) is 0 Å². The van der Waals surface area contributed by atoms with Crippen LogP contribution in [0.5, 0.6) is 11.5 Å². The summed E-state index contributed by atoms with van der Waals surface area (Å²) in [6.45, 7) is 0.824. The van der Waals surface area contributed by atoms with Crippen molar-refractivity contribution in [1.29, 1.82) is 0 Å². The Hall–Kier alpha value is -2.00. The van der Waals surface area contributed by atoms with Gasteiger partial charge in [0, 0.05) is 6.04 Å². The Kier molecular flexibility index (Phi) is 4.11. The highest BCUT2D eigenvalue weighted by Crippen LogP contribution is 2.28. The minimum atomic E-state index is 0.00521. The normalized spacial score (nSPS) is 15.0. The van der Waals surface area contributed by atoms with E-state index < -0.39 is 0 Å². The third-order valence-electron chi connectivity index (χ3n) is 3.98. The van der Waals surface area contributed by atoms with Crippen molar-refractivity contribution in [3.63, 3.8) is 0 Å². The molecule has 1 aliphatic heterocycles. The molecule has 0 aliphatic carbocycles. The van der Waals surface area contributed by atoms with Crippen LogP contribution in [0.25, 0.3) is 0 Å². The summed E-state index contributed by atoms with van der Waals surface area (Å²) in [5.74, 6) is 1.89. The van der Waals surface area contributed by atoms with E-state index >= 15 is 0 Å². The van der Waals surface area contributed by atoms with E-state index in [2.05, 4.69) is 30.3 Å². The Morgan fingerprint density at radius 3 is 2.76 bits per heavy atom. The first-order valence-electron chi connectivity index (χ1n) is 7.40. The molecule has 21 heavy (non-hydrogen) atoms. The number of methoxy groups -OCH3 is 1. The minimum absolute atomic E-state index is 0.00521. The molecular weight excluding hydrogens is 262 g/mol. The van der Waals surface area contributed by atoms with Gasteiger partial charge in [0.05, 0.1) is 13.7 Å². The second-order valence-corrected chi connectivity index (χ2v) is 5.48. The zero-order valence-corrected chi connectivity index (χ0v) is 12.3. The van der Waals surface area contributed by atoms with Gasteiger partial charge in [0.2, 0.25) is 0 Å². The van der Waals surface area contributed by atoms with E-state index in [0.29, 0.717) is 0 Å². The van der Waals surface area contributed by atoms with Gasteiger partial charge in [-0.15, -0.1) is 0 Å².